The average Bonchev–Trinajstić information content (AvgIpc) is 3.61. The molecule has 48 heavy (non-hydrogen) atoms. The van der Waals surface area contributed by atoms with Gasteiger partial charge in [0, 0.05) is 49.9 Å². The molecule has 1 fully saturated rings. The minimum atomic E-state index is -1.12. The topological polar surface area (TPSA) is 115 Å². The van der Waals surface area contributed by atoms with E-state index in [1.54, 1.807) is 17.8 Å². The molecule has 252 valence electrons. The molecular formula is C35H38ClFN6O4S. The Labute approximate surface area is 286 Å². The second kappa shape index (κ2) is 13.4. The second-order valence-electron chi connectivity index (χ2n) is 13.3. The highest BCUT2D eigenvalue weighted by Gasteiger charge is 2.34. The van der Waals surface area contributed by atoms with Crippen molar-refractivity contribution in [1.82, 2.24) is 29.5 Å². The van der Waals surface area contributed by atoms with Crippen LogP contribution < -0.4 is 10.9 Å². The number of nitrogens with one attached hydrogen (secondary N) is 1. The smallest absolute Gasteiger partial charge is 0.407 e. The molecule has 5 aromatic rings. The maximum atomic E-state index is 15.0. The Morgan fingerprint density at radius 3 is 2.46 bits per heavy atom. The van der Waals surface area contributed by atoms with Crippen molar-refractivity contribution in [2.45, 2.75) is 64.4 Å². The van der Waals surface area contributed by atoms with E-state index in [1.807, 2.05) is 62.5 Å². The van der Waals surface area contributed by atoms with Gasteiger partial charge in [-0.2, -0.15) is 5.10 Å². The third kappa shape index (κ3) is 7.46. The second-order valence-corrected chi connectivity index (χ2v) is 14.8. The number of carbonyl (C=O) groups excluding carboxylic acids is 1. The van der Waals surface area contributed by atoms with Gasteiger partial charge in [-0.25, -0.2) is 14.2 Å². The molecule has 6 rings (SSSR count). The van der Waals surface area contributed by atoms with Gasteiger partial charge in [0.15, 0.2) is 5.52 Å². The van der Waals surface area contributed by atoms with Crippen molar-refractivity contribution in [3.8, 4) is 22.4 Å². The largest absolute Gasteiger partial charge is 0.444 e. The number of thiophene rings is 1. The van der Waals surface area contributed by atoms with Crippen LogP contribution in [-0.4, -0.2) is 59.7 Å². The van der Waals surface area contributed by atoms with Gasteiger partial charge in [-0.15, -0.1) is 11.3 Å². The molecule has 2 N–H and O–H groups in total. The fourth-order valence-electron chi connectivity index (χ4n) is 5.99. The fraction of sp³-hybridized carbons (Fsp3) is 0.371. The standard InChI is InChI=1S/C35H38ClFN6O4S/c1-34(2,3)47-33(45)38-18-22-5-7-23(8-6-22)30-28-29(40-41(30)4)32(44)43(21-39-28)20-35(46)12-14-42(15-13-35)19-25-10-9-24(17-27(25)37)26-11-16-48-31(26)36/h5-11,16-17,21,46H,12-15,18-20H2,1-4H3,(H,38,45). The molecule has 0 aliphatic carbocycles. The Bertz CT molecular complexity index is 2010. The first-order chi connectivity index (χ1) is 22.8. The average molecular weight is 693 g/mol. The molecular weight excluding hydrogens is 655 g/mol. The number of fused-ring (bicyclic) bond motifs is 1. The number of alkyl carbamates (subject to hydrolysis) is 1. The van der Waals surface area contributed by atoms with Crippen LogP contribution in [0.3, 0.4) is 0 Å². The monoisotopic (exact) mass is 692 g/mol. The summed E-state index contributed by atoms with van der Waals surface area (Å²) in [7, 11) is 1.76. The van der Waals surface area contributed by atoms with Crippen molar-refractivity contribution in [1.29, 1.82) is 0 Å². The molecule has 0 atom stereocenters. The van der Waals surface area contributed by atoms with Gasteiger partial charge in [-0.1, -0.05) is 48.0 Å². The molecule has 3 aromatic heterocycles. The lowest BCUT2D eigenvalue weighted by molar-refractivity contribution is -0.0366. The molecule has 13 heteroatoms. The van der Waals surface area contributed by atoms with Gasteiger partial charge in [0.05, 0.1) is 24.2 Å². The SMILES string of the molecule is Cn1nc2c(=O)n(CC3(O)CCN(Cc4ccc(-c5ccsc5Cl)cc4F)CC3)cnc2c1-c1ccc(CNC(=O)OC(C)(C)C)cc1. The fourth-order valence-corrected chi connectivity index (χ4v) is 6.95. The van der Waals surface area contributed by atoms with E-state index < -0.39 is 17.3 Å². The van der Waals surface area contributed by atoms with Crippen molar-refractivity contribution >= 4 is 40.1 Å². The first-order valence-electron chi connectivity index (χ1n) is 15.7. The van der Waals surface area contributed by atoms with Gasteiger partial charge < -0.3 is 15.2 Å². The minimum absolute atomic E-state index is 0.0817. The van der Waals surface area contributed by atoms with Crippen molar-refractivity contribution in [3.05, 3.63) is 91.9 Å². The van der Waals surface area contributed by atoms with E-state index in [9.17, 15) is 14.7 Å². The molecule has 0 spiro atoms. The van der Waals surface area contributed by atoms with E-state index in [0.717, 1.165) is 22.3 Å². The molecule has 1 saturated heterocycles. The van der Waals surface area contributed by atoms with Crippen LogP contribution in [0.5, 0.6) is 0 Å². The zero-order valence-electron chi connectivity index (χ0n) is 27.3. The lowest BCUT2D eigenvalue weighted by Gasteiger charge is -2.38. The normalized spacial score (nSPS) is 15.1. The van der Waals surface area contributed by atoms with Gasteiger partial charge in [0.1, 0.15) is 21.3 Å². The lowest BCUT2D eigenvalue weighted by Crippen LogP contribution is -2.47. The molecule has 0 unspecified atom stereocenters. The number of aryl methyl sites for hydroxylation is 1. The van der Waals surface area contributed by atoms with Crippen molar-refractivity contribution in [2.24, 2.45) is 7.05 Å². The Hall–Kier alpha value is -4.10. The third-order valence-electron chi connectivity index (χ3n) is 8.50. The van der Waals surface area contributed by atoms with E-state index >= 15 is 4.39 Å². The van der Waals surface area contributed by atoms with Crippen molar-refractivity contribution in [3.63, 3.8) is 0 Å². The molecule has 1 aliphatic heterocycles. The Morgan fingerprint density at radius 1 is 1.10 bits per heavy atom. The molecule has 1 amide bonds. The summed E-state index contributed by atoms with van der Waals surface area (Å²) >= 11 is 7.65. The van der Waals surface area contributed by atoms with Gasteiger partial charge in [0.2, 0.25) is 0 Å². The summed E-state index contributed by atoms with van der Waals surface area (Å²) in [6.45, 7) is 7.34. The predicted octanol–water partition coefficient (Wildman–Crippen LogP) is 6.37. The van der Waals surface area contributed by atoms with Crippen LogP contribution in [0.4, 0.5) is 9.18 Å². The number of nitrogens with zero attached hydrogens (tertiary/aromatic N) is 5. The number of aromatic nitrogens is 4. The zero-order chi connectivity index (χ0) is 34.2. The molecule has 0 saturated carbocycles. The molecule has 4 heterocycles. The van der Waals surface area contributed by atoms with Crippen molar-refractivity contribution in [2.75, 3.05) is 13.1 Å². The molecule has 1 aliphatic rings. The number of halogens is 2. The minimum Gasteiger partial charge on any atom is -0.444 e. The van der Waals surface area contributed by atoms with Crippen LogP contribution in [0.25, 0.3) is 33.4 Å². The number of hydrogen-bond acceptors (Lipinski definition) is 8. The van der Waals surface area contributed by atoms with E-state index in [-0.39, 0.29) is 23.4 Å². The summed E-state index contributed by atoms with van der Waals surface area (Å²) in [4.78, 5) is 32.3. The number of piperidine rings is 1. The summed E-state index contributed by atoms with van der Waals surface area (Å²) in [6.07, 6.45) is 1.82. The van der Waals surface area contributed by atoms with Crippen molar-refractivity contribution < 1.29 is 19.0 Å². The number of ether oxygens (including phenoxy) is 1. The number of amides is 1. The number of aliphatic hydroxyl groups is 1. The first-order valence-corrected chi connectivity index (χ1v) is 17.0. The Morgan fingerprint density at radius 2 is 1.81 bits per heavy atom. The van der Waals surface area contributed by atoms with Gasteiger partial charge >= 0.3 is 6.09 Å². The van der Waals surface area contributed by atoms with Crippen LogP contribution in [0.15, 0.2) is 65.0 Å². The molecule has 0 bridgehead atoms. The number of rotatable bonds is 8. The molecule has 0 radical (unpaired) electrons. The quantitative estimate of drug-likeness (QED) is 0.194. The Balaban J connectivity index is 1.09. The van der Waals surface area contributed by atoms with Gasteiger partial charge in [-0.05, 0) is 62.3 Å². The summed E-state index contributed by atoms with van der Waals surface area (Å²) in [5, 5.41) is 20.6. The lowest BCUT2D eigenvalue weighted by atomic mass is 9.91. The van der Waals surface area contributed by atoms with E-state index in [4.69, 9.17) is 16.3 Å². The highest BCUT2D eigenvalue weighted by Crippen LogP contribution is 2.34. The van der Waals surface area contributed by atoms with Crippen LogP contribution in [-0.2, 0) is 31.4 Å². The summed E-state index contributed by atoms with van der Waals surface area (Å²) in [5.74, 6) is -0.289. The number of hydrogen-bond donors (Lipinski definition) is 2. The van der Waals surface area contributed by atoms with E-state index in [1.165, 1.54) is 28.3 Å². The first kappa shape index (κ1) is 33.8. The van der Waals surface area contributed by atoms with Crippen LogP contribution in [0.1, 0.15) is 44.7 Å². The van der Waals surface area contributed by atoms with Crippen LogP contribution in [0, 0.1) is 5.82 Å². The van der Waals surface area contributed by atoms with Crippen LogP contribution >= 0.6 is 22.9 Å². The summed E-state index contributed by atoms with van der Waals surface area (Å²) in [5.41, 5.74) is 3.19. The summed E-state index contributed by atoms with van der Waals surface area (Å²) < 4.78 is 24.0. The van der Waals surface area contributed by atoms with Gasteiger partial charge in [-0.3, -0.25) is 18.9 Å². The number of likely N-dealkylation sites (tertiary alicyclic amines) is 1. The number of carbonyl (C=O) groups is 1. The number of benzene rings is 2. The van der Waals surface area contributed by atoms with E-state index in [0.29, 0.717) is 60.1 Å². The van der Waals surface area contributed by atoms with Gasteiger partial charge in [0.25, 0.3) is 5.56 Å². The van der Waals surface area contributed by atoms with Crippen LogP contribution in [0.2, 0.25) is 4.34 Å². The highest BCUT2D eigenvalue weighted by molar-refractivity contribution is 7.15. The maximum Gasteiger partial charge on any atom is 0.407 e. The molecule has 10 nitrogen and oxygen atoms in total. The summed E-state index contributed by atoms with van der Waals surface area (Å²) in [6, 6.07) is 14.6. The zero-order valence-corrected chi connectivity index (χ0v) is 28.9. The third-order valence-corrected chi connectivity index (χ3v) is 9.67. The Kier molecular flexibility index (Phi) is 9.45. The highest BCUT2D eigenvalue weighted by atomic mass is 35.5. The maximum absolute atomic E-state index is 15.0. The predicted molar refractivity (Wildman–Crippen MR) is 185 cm³/mol. The molecule has 2 aromatic carbocycles. The van der Waals surface area contributed by atoms with E-state index in [2.05, 4.69) is 20.3 Å².